The van der Waals surface area contributed by atoms with Crippen molar-refractivity contribution in [3.63, 3.8) is 0 Å². The average molecular weight is 291 g/mol. The Balaban J connectivity index is 1.83. The van der Waals surface area contributed by atoms with Gasteiger partial charge in [0.2, 0.25) is 5.91 Å². The van der Waals surface area contributed by atoms with E-state index in [0.29, 0.717) is 18.2 Å². The summed E-state index contributed by atoms with van der Waals surface area (Å²) < 4.78 is 5.20. The van der Waals surface area contributed by atoms with Crippen molar-refractivity contribution in [2.24, 2.45) is 5.92 Å². The van der Waals surface area contributed by atoms with Gasteiger partial charge in [0.05, 0.1) is 6.54 Å². The van der Waals surface area contributed by atoms with E-state index in [9.17, 15) is 4.79 Å². The molecular weight excluding hydrogens is 266 g/mol. The third kappa shape index (κ3) is 4.44. The van der Waals surface area contributed by atoms with Crippen LogP contribution < -0.4 is 10.6 Å². The van der Waals surface area contributed by atoms with Crippen LogP contribution >= 0.6 is 0 Å². The fourth-order valence-electron chi connectivity index (χ4n) is 2.69. The van der Waals surface area contributed by atoms with Crippen LogP contribution in [0, 0.1) is 5.92 Å². The maximum absolute atomic E-state index is 12.3. The molecule has 1 saturated heterocycles. The van der Waals surface area contributed by atoms with E-state index >= 15 is 0 Å². The minimum absolute atomic E-state index is 0.116. The highest BCUT2D eigenvalue weighted by Crippen LogP contribution is 2.19. The zero-order valence-corrected chi connectivity index (χ0v) is 12.9. The third-order valence-corrected chi connectivity index (χ3v) is 4.12. The predicted octanol–water partition coefficient (Wildman–Crippen LogP) is 1.59. The summed E-state index contributed by atoms with van der Waals surface area (Å²) in [7, 11) is 3.56. The van der Waals surface area contributed by atoms with E-state index in [1.807, 2.05) is 31.3 Å². The van der Waals surface area contributed by atoms with Gasteiger partial charge in [-0.3, -0.25) is 9.69 Å². The number of benzene rings is 1. The van der Waals surface area contributed by atoms with E-state index in [2.05, 4.69) is 4.90 Å². The number of rotatable bonds is 5. The molecule has 0 bridgehead atoms. The van der Waals surface area contributed by atoms with Crippen molar-refractivity contribution in [2.45, 2.75) is 12.8 Å². The molecular formula is C16H25N3O2. The summed E-state index contributed by atoms with van der Waals surface area (Å²) in [6.45, 7) is 3.23. The van der Waals surface area contributed by atoms with Crippen LogP contribution in [0.4, 0.5) is 11.4 Å². The molecule has 0 saturated carbocycles. The zero-order chi connectivity index (χ0) is 15.2. The Bertz CT molecular complexity index is 453. The molecule has 0 atom stereocenters. The van der Waals surface area contributed by atoms with Crippen LogP contribution in [0.25, 0.3) is 0 Å². The molecule has 2 rings (SSSR count). The fraction of sp³-hybridized carbons (Fsp3) is 0.562. The summed E-state index contributed by atoms with van der Waals surface area (Å²) >= 11 is 0. The van der Waals surface area contributed by atoms with E-state index in [4.69, 9.17) is 10.5 Å². The van der Waals surface area contributed by atoms with Crippen LogP contribution in [-0.2, 0) is 9.53 Å². The molecule has 0 aliphatic carbocycles. The molecule has 1 amide bonds. The highest BCUT2D eigenvalue weighted by molar-refractivity contribution is 5.94. The van der Waals surface area contributed by atoms with Gasteiger partial charge < -0.3 is 15.4 Å². The number of nitrogens with zero attached hydrogens (tertiary/aromatic N) is 2. The van der Waals surface area contributed by atoms with Gasteiger partial charge in [0.15, 0.2) is 0 Å². The van der Waals surface area contributed by atoms with E-state index in [-0.39, 0.29) is 5.91 Å². The quantitative estimate of drug-likeness (QED) is 0.837. The molecule has 0 radical (unpaired) electrons. The summed E-state index contributed by atoms with van der Waals surface area (Å²) in [5, 5.41) is 0. The minimum atomic E-state index is 0.116. The Morgan fingerprint density at radius 3 is 2.52 bits per heavy atom. The van der Waals surface area contributed by atoms with Gasteiger partial charge in [-0.05, 0) is 56.1 Å². The Hall–Kier alpha value is -1.59. The number of carbonyl (C=O) groups excluding carboxylic acids is 1. The van der Waals surface area contributed by atoms with Crippen molar-refractivity contribution in [1.29, 1.82) is 0 Å². The molecule has 1 aromatic carbocycles. The number of likely N-dealkylation sites (tertiary alicyclic amines) is 1. The second kappa shape index (κ2) is 7.43. The lowest BCUT2D eigenvalue weighted by Gasteiger charge is -2.32. The summed E-state index contributed by atoms with van der Waals surface area (Å²) in [4.78, 5) is 16.3. The summed E-state index contributed by atoms with van der Waals surface area (Å²) in [6, 6.07) is 7.38. The first-order valence-electron chi connectivity index (χ1n) is 7.43. The van der Waals surface area contributed by atoms with Crippen LogP contribution in [0.15, 0.2) is 24.3 Å². The lowest BCUT2D eigenvalue weighted by Crippen LogP contribution is -2.42. The number of amides is 1. The van der Waals surface area contributed by atoms with Crippen LogP contribution in [0.5, 0.6) is 0 Å². The highest BCUT2D eigenvalue weighted by Gasteiger charge is 2.22. The van der Waals surface area contributed by atoms with Crippen LogP contribution in [0.2, 0.25) is 0 Å². The van der Waals surface area contributed by atoms with Gasteiger partial charge in [-0.2, -0.15) is 0 Å². The molecule has 2 N–H and O–H groups in total. The lowest BCUT2D eigenvalue weighted by atomic mass is 9.98. The number of ether oxygens (including phenoxy) is 1. The van der Waals surface area contributed by atoms with Crippen LogP contribution in [0.1, 0.15) is 12.8 Å². The summed E-state index contributed by atoms with van der Waals surface area (Å²) in [5.74, 6) is 0.751. The van der Waals surface area contributed by atoms with E-state index in [1.165, 1.54) is 0 Å². The van der Waals surface area contributed by atoms with Crippen LogP contribution in [-0.4, -0.2) is 51.2 Å². The average Bonchev–Trinajstić information content (AvgIpc) is 2.49. The SMILES string of the molecule is COCC1CCN(CC(=O)N(C)c2ccc(N)cc2)CC1. The van der Waals surface area contributed by atoms with Gasteiger partial charge in [0.25, 0.3) is 0 Å². The van der Waals surface area contributed by atoms with Crippen molar-refractivity contribution in [1.82, 2.24) is 4.90 Å². The van der Waals surface area contributed by atoms with Crippen molar-refractivity contribution < 1.29 is 9.53 Å². The smallest absolute Gasteiger partial charge is 0.240 e. The topological polar surface area (TPSA) is 58.8 Å². The standard InChI is InChI=1S/C16H25N3O2/c1-18(15-5-3-14(17)4-6-15)16(20)11-19-9-7-13(8-10-19)12-21-2/h3-6,13H,7-12,17H2,1-2H3. The number of likely N-dealkylation sites (N-methyl/N-ethyl adjacent to an activating group) is 1. The largest absolute Gasteiger partial charge is 0.399 e. The second-order valence-electron chi connectivity index (χ2n) is 5.72. The molecule has 1 fully saturated rings. The van der Waals surface area contributed by atoms with Crippen molar-refractivity contribution in [2.75, 3.05) is 51.0 Å². The van der Waals surface area contributed by atoms with E-state index < -0.39 is 0 Å². The van der Waals surface area contributed by atoms with E-state index in [1.54, 1.807) is 12.0 Å². The van der Waals surface area contributed by atoms with Crippen molar-refractivity contribution in [3.05, 3.63) is 24.3 Å². The lowest BCUT2D eigenvalue weighted by molar-refractivity contribution is -0.119. The first kappa shape index (κ1) is 15.8. The van der Waals surface area contributed by atoms with Gasteiger partial charge in [0.1, 0.15) is 0 Å². The monoisotopic (exact) mass is 291 g/mol. The van der Waals surface area contributed by atoms with E-state index in [0.717, 1.165) is 38.2 Å². The molecule has 0 aromatic heterocycles. The molecule has 21 heavy (non-hydrogen) atoms. The van der Waals surface area contributed by atoms with Gasteiger partial charge in [-0.15, -0.1) is 0 Å². The number of nitrogen functional groups attached to an aromatic ring is 1. The maximum atomic E-state index is 12.3. The second-order valence-corrected chi connectivity index (χ2v) is 5.72. The number of hydrogen-bond acceptors (Lipinski definition) is 4. The highest BCUT2D eigenvalue weighted by atomic mass is 16.5. The normalized spacial score (nSPS) is 16.9. The van der Waals surface area contributed by atoms with Gasteiger partial charge >= 0.3 is 0 Å². The Labute approximate surface area is 126 Å². The molecule has 0 unspecified atom stereocenters. The third-order valence-electron chi connectivity index (χ3n) is 4.12. The molecule has 1 aromatic rings. The molecule has 5 nitrogen and oxygen atoms in total. The molecule has 0 spiro atoms. The molecule has 5 heteroatoms. The van der Waals surface area contributed by atoms with Crippen molar-refractivity contribution >= 4 is 17.3 Å². The molecule has 116 valence electrons. The Morgan fingerprint density at radius 2 is 1.95 bits per heavy atom. The predicted molar refractivity (Wildman–Crippen MR) is 85.3 cm³/mol. The fourth-order valence-corrected chi connectivity index (χ4v) is 2.69. The zero-order valence-electron chi connectivity index (χ0n) is 12.9. The number of carbonyl (C=O) groups is 1. The minimum Gasteiger partial charge on any atom is -0.399 e. The number of methoxy groups -OCH3 is 1. The van der Waals surface area contributed by atoms with Gasteiger partial charge in [0, 0.05) is 32.1 Å². The van der Waals surface area contributed by atoms with Gasteiger partial charge in [-0.25, -0.2) is 0 Å². The Kier molecular flexibility index (Phi) is 5.59. The number of piperidine rings is 1. The number of anilines is 2. The molecule has 1 heterocycles. The molecule has 1 aliphatic heterocycles. The number of hydrogen-bond donors (Lipinski definition) is 1. The first-order valence-corrected chi connectivity index (χ1v) is 7.43. The Morgan fingerprint density at radius 1 is 1.33 bits per heavy atom. The molecule has 1 aliphatic rings. The maximum Gasteiger partial charge on any atom is 0.240 e. The summed E-state index contributed by atoms with van der Waals surface area (Å²) in [5.41, 5.74) is 7.25. The first-order chi connectivity index (χ1) is 10.1. The number of nitrogens with two attached hydrogens (primary N) is 1. The summed E-state index contributed by atoms with van der Waals surface area (Å²) in [6.07, 6.45) is 2.21. The van der Waals surface area contributed by atoms with Crippen LogP contribution in [0.3, 0.4) is 0 Å². The van der Waals surface area contributed by atoms with Gasteiger partial charge in [-0.1, -0.05) is 0 Å². The van der Waals surface area contributed by atoms with Crippen molar-refractivity contribution in [3.8, 4) is 0 Å².